The normalized spacial score (nSPS) is 19.6. The highest BCUT2D eigenvalue weighted by atomic mass is 16.3. The average molecular weight is 199 g/mol. The Hall–Kier alpha value is -0.570. The summed E-state index contributed by atoms with van der Waals surface area (Å²) in [6.45, 7) is 2.49. The van der Waals surface area contributed by atoms with Gasteiger partial charge in [0.25, 0.3) is 0 Å². The second-order valence-electron chi connectivity index (χ2n) is 4.26. The summed E-state index contributed by atoms with van der Waals surface area (Å²) in [6.07, 6.45) is 5.90. The van der Waals surface area contributed by atoms with E-state index < -0.39 is 0 Å². The number of nitrogens with one attached hydrogen (secondary N) is 1. The number of aliphatic hydroxyl groups excluding tert-OH is 1. The van der Waals surface area contributed by atoms with Gasteiger partial charge in [0.2, 0.25) is 5.91 Å². The third-order valence-corrected chi connectivity index (χ3v) is 2.82. The van der Waals surface area contributed by atoms with Gasteiger partial charge >= 0.3 is 0 Å². The van der Waals surface area contributed by atoms with Crippen molar-refractivity contribution in [3.8, 4) is 0 Å². The first-order valence-corrected chi connectivity index (χ1v) is 5.66. The van der Waals surface area contributed by atoms with Crippen LogP contribution < -0.4 is 5.32 Å². The standard InChI is InChI=1S/C11H21NO2/c1-9(13)5-4-8-12-11(14)10-6-2-3-7-10/h9-10,13H,2-8H2,1H3,(H,12,14). The van der Waals surface area contributed by atoms with Crippen LogP contribution in [0.5, 0.6) is 0 Å². The SMILES string of the molecule is CC(O)CCCNC(=O)C1CCCC1. The molecule has 0 aromatic heterocycles. The van der Waals surface area contributed by atoms with Crippen LogP contribution in [-0.4, -0.2) is 23.7 Å². The summed E-state index contributed by atoms with van der Waals surface area (Å²) in [7, 11) is 0. The van der Waals surface area contributed by atoms with Crippen LogP contribution in [0.4, 0.5) is 0 Å². The van der Waals surface area contributed by atoms with Crippen molar-refractivity contribution in [3.05, 3.63) is 0 Å². The lowest BCUT2D eigenvalue weighted by molar-refractivity contribution is -0.124. The minimum Gasteiger partial charge on any atom is -0.393 e. The summed E-state index contributed by atoms with van der Waals surface area (Å²) in [5, 5.41) is 11.9. The van der Waals surface area contributed by atoms with Gasteiger partial charge in [0.15, 0.2) is 0 Å². The van der Waals surface area contributed by atoms with Gasteiger partial charge in [-0.1, -0.05) is 12.8 Å². The number of hydrogen-bond acceptors (Lipinski definition) is 2. The molecule has 1 fully saturated rings. The molecule has 0 spiro atoms. The van der Waals surface area contributed by atoms with E-state index in [1.54, 1.807) is 6.92 Å². The lowest BCUT2D eigenvalue weighted by Crippen LogP contribution is -2.30. The van der Waals surface area contributed by atoms with Crippen LogP contribution in [0.2, 0.25) is 0 Å². The largest absolute Gasteiger partial charge is 0.393 e. The molecule has 1 aliphatic carbocycles. The Morgan fingerprint density at radius 1 is 1.50 bits per heavy atom. The second-order valence-corrected chi connectivity index (χ2v) is 4.26. The lowest BCUT2D eigenvalue weighted by atomic mass is 10.1. The summed E-state index contributed by atoms with van der Waals surface area (Å²) in [6, 6.07) is 0. The van der Waals surface area contributed by atoms with Gasteiger partial charge in [0, 0.05) is 12.5 Å². The predicted octanol–water partition coefficient (Wildman–Crippen LogP) is 1.45. The maximum atomic E-state index is 11.5. The van der Waals surface area contributed by atoms with Crippen LogP contribution in [0.25, 0.3) is 0 Å². The highest BCUT2D eigenvalue weighted by molar-refractivity contribution is 5.78. The molecule has 1 atom stereocenters. The van der Waals surface area contributed by atoms with Crippen molar-refractivity contribution >= 4 is 5.91 Å². The highest BCUT2D eigenvalue weighted by Crippen LogP contribution is 2.24. The Kier molecular flexibility index (Phi) is 4.94. The van der Waals surface area contributed by atoms with Gasteiger partial charge in [0.1, 0.15) is 0 Å². The molecule has 82 valence electrons. The molecule has 2 N–H and O–H groups in total. The van der Waals surface area contributed by atoms with Crippen LogP contribution in [0.3, 0.4) is 0 Å². The first-order valence-electron chi connectivity index (χ1n) is 5.66. The maximum absolute atomic E-state index is 11.5. The zero-order valence-electron chi connectivity index (χ0n) is 8.96. The fourth-order valence-corrected chi connectivity index (χ4v) is 1.94. The van der Waals surface area contributed by atoms with Crippen LogP contribution >= 0.6 is 0 Å². The molecule has 0 aromatic rings. The number of rotatable bonds is 5. The highest BCUT2D eigenvalue weighted by Gasteiger charge is 2.21. The molecule has 1 saturated carbocycles. The Bertz CT molecular complexity index is 174. The van der Waals surface area contributed by atoms with Crippen molar-refractivity contribution in [3.63, 3.8) is 0 Å². The van der Waals surface area contributed by atoms with Gasteiger partial charge < -0.3 is 10.4 Å². The lowest BCUT2D eigenvalue weighted by Gasteiger charge is -2.10. The van der Waals surface area contributed by atoms with Crippen molar-refractivity contribution < 1.29 is 9.90 Å². The van der Waals surface area contributed by atoms with E-state index >= 15 is 0 Å². The molecule has 1 aliphatic rings. The van der Waals surface area contributed by atoms with Crippen molar-refractivity contribution in [1.29, 1.82) is 0 Å². The van der Waals surface area contributed by atoms with E-state index in [1.165, 1.54) is 12.8 Å². The molecule has 1 unspecified atom stereocenters. The summed E-state index contributed by atoms with van der Waals surface area (Å²) in [5.41, 5.74) is 0. The van der Waals surface area contributed by atoms with Crippen LogP contribution in [0, 0.1) is 5.92 Å². The first-order chi connectivity index (χ1) is 6.70. The number of carbonyl (C=O) groups excluding carboxylic acids is 1. The molecular weight excluding hydrogens is 178 g/mol. The van der Waals surface area contributed by atoms with E-state index in [4.69, 9.17) is 5.11 Å². The molecule has 3 nitrogen and oxygen atoms in total. The predicted molar refractivity (Wildman–Crippen MR) is 55.9 cm³/mol. The van der Waals surface area contributed by atoms with Gasteiger partial charge in [-0.15, -0.1) is 0 Å². The molecule has 0 aromatic carbocycles. The molecule has 0 saturated heterocycles. The number of aliphatic hydroxyl groups is 1. The van der Waals surface area contributed by atoms with Gasteiger partial charge in [0.05, 0.1) is 6.10 Å². The minimum atomic E-state index is -0.251. The molecule has 0 bridgehead atoms. The molecular formula is C11H21NO2. The number of carbonyl (C=O) groups is 1. The third-order valence-electron chi connectivity index (χ3n) is 2.82. The third kappa shape index (κ3) is 4.09. The zero-order valence-corrected chi connectivity index (χ0v) is 8.96. The fourth-order valence-electron chi connectivity index (χ4n) is 1.94. The Labute approximate surface area is 85.9 Å². The van der Waals surface area contributed by atoms with E-state index in [-0.39, 0.29) is 17.9 Å². The topological polar surface area (TPSA) is 49.3 Å². The van der Waals surface area contributed by atoms with Gasteiger partial charge in [-0.3, -0.25) is 4.79 Å². The van der Waals surface area contributed by atoms with Crippen molar-refractivity contribution in [2.45, 2.75) is 51.6 Å². The monoisotopic (exact) mass is 199 g/mol. The summed E-state index contributed by atoms with van der Waals surface area (Å²) in [5.74, 6) is 0.481. The van der Waals surface area contributed by atoms with E-state index in [1.807, 2.05) is 0 Å². The Morgan fingerprint density at radius 2 is 2.14 bits per heavy atom. The summed E-state index contributed by atoms with van der Waals surface area (Å²) in [4.78, 5) is 11.5. The van der Waals surface area contributed by atoms with Crippen molar-refractivity contribution in [1.82, 2.24) is 5.32 Å². The van der Waals surface area contributed by atoms with Crippen molar-refractivity contribution in [2.75, 3.05) is 6.54 Å². The maximum Gasteiger partial charge on any atom is 0.223 e. The summed E-state index contributed by atoms with van der Waals surface area (Å²) < 4.78 is 0. The number of amides is 1. The first kappa shape index (κ1) is 11.5. The zero-order chi connectivity index (χ0) is 10.4. The fraction of sp³-hybridized carbons (Fsp3) is 0.909. The van der Waals surface area contributed by atoms with E-state index in [0.717, 1.165) is 25.7 Å². The van der Waals surface area contributed by atoms with E-state index in [0.29, 0.717) is 6.54 Å². The Balaban J connectivity index is 2.03. The molecule has 3 heteroatoms. The molecule has 1 rings (SSSR count). The minimum absolute atomic E-state index is 0.216. The van der Waals surface area contributed by atoms with Crippen LogP contribution in [0.1, 0.15) is 45.4 Å². The van der Waals surface area contributed by atoms with E-state index in [9.17, 15) is 4.79 Å². The molecule has 0 radical (unpaired) electrons. The van der Waals surface area contributed by atoms with Crippen LogP contribution in [-0.2, 0) is 4.79 Å². The average Bonchev–Trinajstić information content (AvgIpc) is 2.64. The van der Waals surface area contributed by atoms with Crippen LogP contribution in [0.15, 0.2) is 0 Å². The smallest absolute Gasteiger partial charge is 0.223 e. The molecule has 14 heavy (non-hydrogen) atoms. The Morgan fingerprint density at radius 3 is 2.71 bits per heavy atom. The molecule has 0 heterocycles. The van der Waals surface area contributed by atoms with E-state index in [2.05, 4.69) is 5.32 Å². The van der Waals surface area contributed by atoms with Crippen molar-refractivity contribution in [2.24, 2.45) is 5.92 Å². The molecule has 0 aliphatic heterocycles. The molecule has 1 amide bonds. The number of hydrogen-bond donors (Lipinski definition) is 2. The summed E-state index contributed by atoms with van der Waals surface area (Å²) >= 11 is 0. The van der Waals surface area contributed by atoms with Gasteiger partial charge in [-0.25, -0.2) is 0 Å². The second kappa shape index (κ2) is 6.02. The van der Waals surface area contributed by atoms with Gasteiger partial charge in [-0.05, 0) is 32.6 Å². The van der Waals surface area contributed by atoms with Gasteiger partial charge in [-0.2, -0.15) is 0 Å². The quantitative estimate of drug-likeness (QED) is 0.658.